The Balaban J connectivity index is 4.29. The van der Waals surface area contributed by atoms with Crippen LogP contribution in [0.3, 0.4) is 0 Å². The minimum atomic E-state index is -0.484. The maximum absolute atomic E-state index is 11.4. The molecule has 13 heavy (non-hydrogen) atoms. The van der Waals surface area contributed by atoms with Crippen molar-refractivity contribution >= 4 is 5.91 Å². The molecule has 0 rings (SSSR count). The highest BCUT2D eigenvalue weighted by Crippen LogP contribution is 2.16. The molecule has 0 aromatic heterocycles. The normalized spacial score (nSPS) is 12.6. The Bertz CT molecular complexity index is 217. The van der Waals surface area contributed by atoms with Crippen molar-refractivity contribution in [3.05, 3.63) is 24.3 Å². The van der Waals surface area contributed by atoms with E-state index in [1.54, 1.807) is 7.05 Å². The van der Waals surface area contributed by atoms with Gasteiger partial charge in [-0.25, -0.2) is 5.43 Å². The molecule has 0 saturated carbocycles. The first-order chi connectivity index (χ1) is 6.04. The number of rotatable bonds is 4. The molecule has 0 radical (unpaired) electrons. The molecule has 0 bridgehead atoms. The molecular formula is C10H18N2O. The summed E-state index contributed by atoms with van der Waals surface area (Å²) >= 11 is 0. The summed E-state index contributed by atoms with van der Waals surface area (Å²) in [6.07, 6.45) is 7.55. The second kappa shape index (κ2) is 5.54. The number of hydrazine groups is 1. The minimum Gasteiger partial charge on any atom is -0.291 e. The Morgan fingerprint density at radius 2 is 1.92 bits per heavy atom. The van der Waals surface area contributed by atoms with E-state index in [1.807, 2.05) is 45.1 Å². The Labute approximate surface area is 79.9 Å². The van der Waals surface area contributed by atoms with Crippen molar-refractivity contribution in [2.24, 2.45) is 5.41 Å². The van der Waals surface area contributed by atoms with Crippen LogP contribution >= 0.6 is 0 Å². The number of allylic oxidation sites excluding steroid dienone is 3. The van der Waals surface area contributed by atoms with Crippen LogP contribution in [0.15, 0.2) is 24.3 Å². The Morgan fingerprint density at radius 1 is 1.31 bits per heavy atom. The molecule has 3 heteroatoms. The van der Waals surface area contributed by atoms with Gasteiger partial charge in [0.1, 0.15) is 0 Å². The summed E-state index contributed by atoms with van der Waals surface area (Å²) in [4.78, 5) is 11.4. The van der Waals surface area contributed by atoms with Gasteiger partial charge in [-0.3, -0.25) is 10.2 Å². The molecule has 3 nitrogen and oxygen atoms in total. The predicted octanol–water partition coefficient (Wildman–Crippen LogP) is 1.40. The predicted molar refractivity (Wildman–Crippen MR) is 54.9 cm³/mol. The van der Waals surface area contributed by atoms with Crippen molar-refractivity contribution in [3.8, 4) is 0 Å². The highest BCUT2D eigenvalue weighted by Gasteiger charge is 2.23. The van der Waals surface area contributed by atoms with Gasteiger partial charge >= 0.3 is 0 Å². The average molecular weight is 182 g/mol. The van der Waals surface area contributed by atoms with Crippen LogP contribution in [-0.2, 0) is 4.79 Å². The topological polar surface area (TPSA) is 41.1 Å². The Kier molecular flexibility index (Phi) is 5.07. The van der Waals surface area contributed by atoms with Crippen molar-refractivity contribution in [2.45, 2.75) is 20.8 Å². The van der Waals surface area contributed by atoms with E-state index in [-0.39, 0.29) is 5.91 Å². The molecule has 0 saturated heterocycles. The van der Waals surface area contributed by atoms with Crippen LogP contribution in [0, 0.1) is 5.41 Å². The summed E-state index contributed by atoms with van der Waals surface area (Å²) in [5.74, 6) is -0.0456. The fraction of sp³-hybridized carbons (Fsp3) is 0.500. The lowest BCUT2D eigenvalue weighted by molar-refractivity contribution is -0.128. The lowest BCUT2D eigenvalue weighted by Gasteiger charge is -2.18. The molecular weight excluding hydrogens is 164 g/mol. The van der Waals surface area contributed by atoms with Crippen LogP contribution in [0.4, 0.5) is 0 Å². The van der Waals surface area contributed by atoms with Crippen molar-refractivity contribution in [2.75, 3.05) is 7.05 Å². The standard InChI is InChI=1S/C10H18N2O/c1-5-6-7-8-10(2,3)9(13)12-11-4/h5-8,11H,1-4H3,(H,12,13)/b6-5+,8-7-. The largest absolute Gasteiger partial charge is 0.291 e. The third-order valence-electron chi connectivity index (χ3n) is 1.64. The van der Waals surface area contributed by atoms with Crippen LogP contribution in [0.5, 0.6) is 0 Å². The second-order valence-corrected chi connectivity index (χ2v) is 3.31. The molecule has 1 amide bonds. The van der Waals surface area contributed by atoms with Gasteiger partial charge in [0.05, 0.1) is 5.41 Å². The lowest BCUT2D eigenvalue weighted by atomic mass is 9.92. The Morgan fingerprint density at radius 3 is 2.38 bits per heavy atom. The highest BCUT2D eigenvalue weighted by molar-refractivity contribution is 5.83. The average Bonchev–Trinajstić information content (AvgIpc) is 2.05. The van der Waals surface area contributed by atoms with E-state index in [2.05, 4.69) is 10.9 Å². The van der Waals surface area contributed by atoms with E-state index in [4.69, 9.17) is 0 Å². The number of hydrogen-bond donors (Lipinski definition) is 2. The van der Waals surface area contributed by atoms with Crippen LogP contribution < -0.4 is 10.9 Å². The quantitative estimate of drug-likeness (QED) is 0.509. The SMILES string of the molecule is C/C=C/C=C\C(C)(C)C(=O)NNC. The van der Waals surface area contributed by atoms with Crippen molar-refractivity contribution < 1.29 is 4.79 Å². The molecule has 0 heterocycles. The summed E-state index contributed by atoms with van der Waals surface area (Å²) in [7, 11) is 1.67. The minimum absolute atomic E-state index is 0.0456. The van der Waals surface area contributed by atoms with Crippen LogP contribution in [0.1, 0.15) is 20.8 Å². The van der Waals surface area contributed by atoms with E-state index < -0.39 is 5.41 Å². The zero-order valence-corrected chi connectivity index (χ0v) is 8.72. The number of carbonyl (C=O) groups excluding carboxylic acids is 1. The molecule has 0 aromatic rings. The van der Waals surface area contributed by atoms with Gasteiger partial charge in [-0.1, -0.05) is 24.3 Å². The second-order valence-electron chi connectivity index (χ2n) is 3.31. The third kappa shape index (κ3) is 4.48. The number of carbonyl (C=O) groups is 1. The summed E-state index contributed by atoms with van der Waals surface area (Å²) in [6, 6.07) is 0. The maximum atomic E-state index is 11.4. The van der Waals surface area contributed by atoms with Crippen molar-refractivity contribution in [3.63, 3.8) is 0 Å². The monoisotopic (exact) mass is 182 g/mol. The van der Waals surface area contributed by atoms with Crippen molar-refractivity contribution in [1.29, 1.82) is 0 Å². The smallest absolute Gasteiger partial charge is 0.243 e. The Hall–Kier alpha value is -1.09. The first-order valence-corrected chi connectivity index (χ1v) is 4.32. The van der Waals surface area contributed by atoms with Gasteiger partial charge in [0.15, 0.2) is 0 Å². The third-order valence-corrected chi connectivity index (χ3v) is 1.64. The molecule has 0 spiro atoms. The van der Waals surface area contributed by atoms with E-state index >= 15 is 0 Å². The molecule has 0 fully saturated rings. The van der Waals surface area contributed by atoms with Gasteiger partial charge in [-0.05, 0) is 20.8 Å². The van der Waals surface area contributed by atoms with E-state index in [0.717, 1.165) is 0 Å². The van der Waals surface area contributed by atoms with Crippen LogP contribution in [-0.4, -0.2) is 13.0 Å². The summed E-state index contributed by atoms with van der Waals surface area (Å²) < 4.78 is 0. The van der Waals surface area contributed by atoms with E-state index in [9.17, 15) is 4.79 Å². The van der Waals surface area contributed by atoms with Gasteiger partial charge in [-0.2, -0.15) is 0 Å². The zero-order valence-electron chi connectivity index (χ0n) is 8.72. The number of hydrogen-bond acceptors (Lipinski definition) is 2. The highest BCUT2D eigenvalue weighted by atomic mass is 16.2. The van der Waals surface area contributed by atoms with Crippen LogP contribution in [0.2, 0.25) is 0 Å². The molecule has 0 aliphatic heterocycles. The molecule has 0 aromatic carbocycles. The molecule has 0 aliphatic rings. The maximum Gasteiger partial charge on any atom is 0.243 e. The van der Waals surface area contributed by atoms with Gasteiger partial charge in [0, 0.05) is 7.05 Å². The first kappa shape index (κ1) is 11.9. The summed E-state index contributed by atoms with van der Waals surface area (Å²) in [6.45, 7) is 5.66. The number of nitrogens with one attached hydrogen (secondary N) is 2. The van der Waals surface area contributed by atoms with Gasteiger partial charge in [0.2, 0.25) is 5.91 Å². The van der Waals surface area contributed by atoms with E-state index in [1.165, 1.54) is 0 Å². The summed E-state index contributed by atoms with van der Waals surface area (Å²) in [5.41, 5.74) is 4.68. The molecule has 0 aliphatic carbocycles. The molecule has 74 valence electrons. The summed E-state index contributed by atoms with van der Waals surface area (Å²) in [5, 5.41) is 0. The first-order valence-electron chi connectivity index (χ1n) is 4.32. The fourth-order valence-corrected chi connectivity index (χ4v) is 0.758. The van der Waals surface area contributed by atoms with Gasteiger partial charge in [-0.15, -0.1) is 0 Å². The van der Waals surface area contributed by atoms with Crippen LogP contribution in [0.25, 0.3) is 0 Å². The number of amides is 1. The fourth-order valence-electron chi connectivity index (χ4n) is 0.758. The molecule has 0 unspecified atom stereocenters. The lowest BCUT2D eigenvalue weighted by Crippen LogP contribution is -2.42. The molecule has 2 N–H and O–H groups in total. The van der Waals surface area contributed by atoms with Gasteiger partial charge in [0.25, 0.3) is 0 Å². The zero-order chi connectivity index (χ0) is 10.3. The van der Waals surface area contributed by atoms with Gasteiger partial charge < -0.3 is 0 Å². The molecule has 0 atom stereocenters. The van der Waals surface area contributed by atoms with E-state index in [0.29, 0.717) is 0 Å². The van der Waals surface area contributed by atoms with Crippen molar-refractivity contribution in [1.82, 2.24) is 10.9 Å².